The fourth-order valence-corrected chi connectivity index (χ4v) is 10.7. The molecule has 0 amide bonds. The number of benzene rings is 9. The minimum absolute atomic E-state index is 0.312. The molecule has 12 aromatic rings. The Labute approximate surface area is 457 Å². The quantitative estimate of drug-likeness (QED) is 0.145. The minimum Gasteiger partial charge on any atom is -0.307 e. The molecule has 0 fully saturated rings. The minimum atomic E-state index is 0.312. The topological polar surface area (TPSA) is 159 Å². The third-order valence-corrected chi connectivity index (χ3v) is 14.4. The lowest BCUT2D eigenvalue weighted by Gasteiger charge is -2.18. The summed E-state index contributed by atoms with van der Waals surface area (Å²) in [5.74, 6) is 0.481. The van der Waals surface area contributed by atoms with Crippen LogP contribution in [0.3, 0.4) is 0 Å². The van der Waals surface area contributed by atoms with E-state index in [1.165, 1.54) is 0 Å². The predicted octanol–water partition coefficient (Wildman–Crippen LogP) is 17.2. The normalized spacial score (nSPS) is 10.6. The van der Waals surface area contributed by atoms with E-state index in [1.807, 2.05) is 102 Å². The zero-order valence-corrected chi connectivity index (χ0v) is 41.7. The first-order valence-electron chi connectivity index (χ1n) is 24.6. The van der Waals surface area contributed by atoms with E-state index in [4.69, 9.17) is 31.3 Å². The van der Waals surface area contributed by atoms with Gasteiger partial charge in [0.25, 0.3) is 0 Å². The molecule has 0 aliphatic heterocycles. The zero-order chi connectivity index (χ0) is 55.2. The smallest absolute Gasteiger partial charge is 0.196 e. The summed E-state index contributed by atoms with van der Waals surface area (Å²) in [6.45, 7) is 31.4. The molecule has 0 N–H and O–H groups in total. The largest absolute Gasteiger partial charge is 0.307 e. The van der Waals surface area contributed by atoms with Crippen LogP contribution in [0.1, 0.15) is 27.8 Å². The molecule has 12 rings (SSSR count). The van der Waals surface area contributed by atoms with Crippen molar-refractivity contribution in [3.63, 3.8) is 0 Å². The van der Waals surface area contributed by atoms with Gasteiger partial charge in [0.05, 0.1) is 96.1 Å². The molecule has 0 saturated carbocycles. The van der Waals surface area contributed by atoms with Gasteiger partial charge in [-0.1, -0.05) is 97.1 Å². The molecule has 0 bridgehead atoms. The second-order valence-corrected chi connectivity index (χ2v) is 18.7. The van der Waals surface area contributed by atoms with Gasteiger partial charge >= 0.3 is 0 Å². The SMILES string of the molecule is [C-]#[N+]c1ccc(-c2ccc3c4ccc(-c5ccc(C#N)cc5[N+]#[C-])cc4n(-c4cc(-c5cccc(C#N)c5)c(-n5c6cc(-c7ccc([N+]#[C-])cc7C#N)ccc6c6ccc(-c7ccc(C#N)cc7[N+]#[C-])cc65)cn4)c3c2)c(C#N)c1. The Kier molecular flexibility index (Phi) is 11.7. The monoisotopic (exact) mass is 1010 g/mol. The summed E-state index contributed by atoms with van der Waals surface area (Å²) in [6, 6.07) is 64.4. The Morgan fingerprint density at radius 2 is 0.762 bits per heavy atom. The van der Waals surface area contributed by atoms with Crippen molar-refractivity contribution in [3.8, 4) is 97.5 Å². The maximum atomic E-state index is 10.4. The lowest BCUT2D eigenvalue weighted by molar-refractivity contribution is 1.06. The molecule has 0 saturated heterocycles. The summed E-state index contributed by atoms with van der Waals surface area (Å²) in [5.41, 5.74) is 13.5. The van der Waals surface area contributed by atoms with Crippen molar-refractivity contribution in [2.45, 2.75) is 0 Å². The van der Waals surface area contributed by atoms with E-state index in [9.17, 15) is 26.3 Å². The molecule has 0 spiro atoms. The number of nitrogens with zero attached hydrogens (tertiary/aromatic N) is 12. The first-order valence-corrected chi connectivity index (χ1v) is 24.6. The number of rotatable bonds is 7. The summed E-state index contributed by atoms with van der Waals surface area (Å²) in [5, 5.41) is 54.0. The Morgan fingerprint density at radius 1 is 0.350 bits per heavy atom. The molecule has 12 nitrogen and oxygen atoms in total. The molecule has 0 unspecified atom stereocenters. The van der Waals surface area contributed by atoms with Crippen molar-refractivity contribution < 1.29 is 0 Å². The maximum absolute atomic E-state index is 10.4. The number of pyridine rings is 1. The molecule has 3 aromatic heterocycles. The second-order valence-electron chi connectivity index (χ2n) is 18.7. The van der Waals surface area contributed by atoms with Crippen molar-refractivity contribution in [1.82, 2.24) is 14.1 Å². The van der Waals surface area contributed by atoms with Gasteiger partial charge in [-0.05, 0) is 129 Å². The number of hydrogen-bond donors (Lipinski definition) is 0. The molecule has 362 valence electrons. The summed E-state index contributed by atoms with van der Waals surface area (Å²) in [7, 11) is 0. The molecule has 12 heteroatoms. The van der Waals surface area contributed by atoms with E-state index in [1.54, 1.807) is 85.1 Å². The lowest BCUT2D eigenvalue weighted by Crippen LogP contribution is -2.04. The van der Waals surface area contributed by atoms with Gasteiger partial charge < -0.3 is 4.57 Å². The number of nitriles is 5. The van der Waals surface area contributed by atoms with Crippen molar-refractivity contribution >= 4 is 66.4 Å². The van der Waals surface area contributed by atoms with Gasteiger partial charge in [0.15, 0.2) is 22.7 Å². The molecule has 0 aliphatic carbocycles. The van der Waals surface area contributed by atoms with Crippen LogP contribution >= 0.6 is 0 Å². The van der Waals surface area contributed by atoms with Crippen molar-refractivity contribution in [2.75, 3.05) is 0 Å². The Bertz CT molecular complexity index is 4880. The van der Waals surface area contributed by atoms with E-state index in [0.717, 1.165) is 65.9 Å². The van der Waals surface area contributed by atoms with Crippen LogP contribution in [0, 0.1) is 82.9 Å². The maximum Gasteiger partial charge on any atom is 0.196 e. The van der Waals surface area contributed by atoms with Gasteiger partial charge in [-0.2, -0.15) is 26.3 Å². The standard InChI is InChI=1S/C68H30N12/c1-74-50-14-22-52(48(27-50)37-72)44-10-18-56-57-20-12-46(54-16-8-41(35-70)25-61(54)76-3)31-64(57)79(63(56)29-44)67-39-78-68(33-60(67)43-7-5-6-40(24-43)34-69)80-65-30-45(53-23-15-51(75-2)28-49(53)38-73)11-19-58(65)59-21-13-47(32-66(59)80)55-17-9-42(36-71)26-62(55)77-4/h5-33,39H. The molecular weight excluding hydrogens is 985 g/mol. The van der Waals surface area contributed by atoms with Crippen LogP contribution < -0.4 is 0 Å². The zero-order valence-electron chi connectivity index (χ0n) is 41.7. The van der Waals surface area contributed by atoms with Crippen molar-refractivity contribution in [1.29, 1.82) is 26.3 Å². The molecule has 0 aliphatic rings. The highest BCUT2D eigenvalue weighted by Crippen LogP contribution is 2.44. The fourth-order valence-electron chi connectivity index (χ4n) is 10.7. The lowest BCUT2D eigenvalue weighted by atomic mass is 9.98. The molecule has 9 aromatic carbocycles. The van der Waals surface area contributed by atoms with Gasteiger partial charge in [-0.25, -0.2) is 24.4 Å². The van der Waals surface area contributed by atoms with Crippen LogP contribution in [0.5, 0.6) is 0 Å². The van der Waals surface area contributed by atoms with Crippen LogP contribution in [0.2, 0.25) is 0 Å². The van der Waals surface area contributed by atoms with Crippen LogP contribution in [-0.4, -0.2) is 14.1 Å². The Morgan fingerprint density at radius 3 is 1.19 bits per heavy atom. The van der Waals surface area contributed by atoms with E-state index < -0.39 is 0 Å². The summed E-state index contributed by atoms with van der Waals surface area (Å²) in [4.78, 5) is 20.1. The van der Waals surface area contributed by atoms with Crippen LogP contribution in [0.25, 0.3) is 130 Å². The van der Waals surface area contributed by atoms with Gasteiger partial charge in [0.1, 0.15) is 5.82 Å². The number of hydrogen-bond acceptors (Lipinski definition) is 6. The second kappa shape index (κ2) is 19.4. The molecule has 80 heavy (non-hydrogen) atoms. The number of aromatic nitrogens is 3. The average Bonchev–Trinajstić information content (AvgIpc) is 4.04. The third kappa shape index (κ3) is 7.90. The summed E-state index contributed by atoms with van der Waals surface area (Å²) in [6.07, 6.45) is 1.79. The Balaban J connectivity index is 1.18. The predicted molar refractivity (Wildman–Crippen MR) is 309 cm³/mol. The number of fused-ring (bicyclic) bond motifs is 6. The van der Waals surface area contributed by atoms with Gasteiger partial charge in [-0.3, -0.25) is 4.57 Å². The first-order chi connectivity index (χ1) is 39.2. The Hall–Kier alpha value is -12.9. The summed E-state index contributed by atoms with van der Waals surface area (Å²) >= 11 is 0. The van der Waals surface area contributed by atoms with Crippen LogP contribution in [0.15, 0.2) is 182 Å². The third-order valence-electron chi connectivity index (χ3n) is 14.4. The molecule has 3 heterocycles. The van der Waals surface area contributed by atoms with Crippen molar-refractivity contribution in [3.05, 3.63) is 256 Å². The first kappa shape index (κ1) is 48.1. The fraction of sp³-hybridized carbons (Fsp3) is 0. The van der Waals surface area contributed by atoms with E-state index in [-0.39, 0.29) is 0 Å². The van der Waals surface area contributed by atoms with Gasteiger partial charge in [-0.15, -0.1) is 0 Å². The van der Waals surface area contributed by atoms with Gasteiger partial charge in [0, 0.05) is 49.4 Å². The van der Waals surface area contributed by atoms with Crippen LogP contribution in [0.4, 0.5) is 22.7 Å². The highest BCUT2D eigenvalue weighted by atomic mass is 15.1. The highest BCUT2D eigenvalue weighted by molar-refractivity contribution is 6.13. The van der Waals surface area contributed by atoms with E-state index >= 15 is 0 Å². The molecule has 0 atom stereocenters. The van der Waals surface area contributed by atoms with Crippen molar-refractivity contribution in [2.24, 2.45) is 0 Å². The highest BCUT2D eigenvalue weighted by Gasteiger charge is 2.23. The van der Waals surface area contributed by atoms with E-state index in [0.29, 0.717) is 95.5 Å². The van der Waals surface area contributed by atoms with E-state index in [2.05, 4.69) is 54.3 Å². The summed E-state index contributed by atoms with van der Waals surface area (Å²) < 4.78 is 4.13. The molecule has 0 radical (unpaired) electrons. The van der Waals surface area contributed by atoms with Crippen LogP contribution in [-0.2, 0) is 0 Å². The average molecular weight is 1020 g/mol. The molecular formula is C68H30N12. The van der Waals surface area contributed by atoms with Gasteiger partial charge in [0.2, 0.25) is 0 Å².